The van der Waals surface area contributed by atoms with Gasteiger partial charge in [0.25, 0.3) is 5.91 Å². The quantitative estimate of drug-likeness (QED) is 0.616. The zero-order valence-electron chi connectivity index (χ0n) is 19.5. The summed E-state index contributed by atoms with van der Waals surface area (Å²) in [5.41, 5.74) is 5.01. The van der Waals surface area contributed by atoms with Gasteiger partial charge in [-0.3, -0.25) is 14.4 Å². The van der Waals surface area contributed by atoms with Crippen molar-refractivity contribution >= 4 is 22.4 Å². The highest BCUT2D eigenvalue weighted by Crippen LogP contribution is 2.65. The number of carbonyl (C=O) groups is 1. The van der Waals surface area contributed by atoms with Crippen LogP contribution in [0.4, 0.5) is 5.69 Å². The molecule has 2 aliphatic heterocycles. The van der Waals surface area contributed by atoms with Crippen molar-refractivity contribution in [1.82, 2.24) is 14.7 Å². The zero-order chi connectivity index (χ0) is 22.3. The molecule has 1 amide bonds. The Morgan fingerprint density at radius 2 is 1.81 bits per heavy atom. The number of amides is 1. The van der Waals surface area contributed by atoms with Crippen LogP contribution in [0.2, 0.25) is 0 Å². The number of likely N-dealkylation sites (tertiary alicyclic amines) is 1. The summed E-state index contributed by atoms with van der Waals surface area (Å²) in [4.78, 5) is 14.9. The van der Waals surface area contributed by atoms with Crippen molar-refractivity contribution in [2.45, 2.75) is 59.0 Å². The van der Waals surface area contributed by atoms with Gasteiger partial charge in [0.1, 0.15) is 0 Å². The molecule has 6 rings (SSSR count). The molecule has 1 saturated carbocycles. The molecule has 5 heteroatoms. The van der Waals surface area contributed by atoms with Crippen molar-refractivity contribution < 1.29 is 4.79 Å². The highest BCUT2D eigenvalue weighted by Gasteiger charge is 2.66. The molecule has 0 radical (unpaired) electrons. The number of hydrogen-bond acceptors (Lipinski definition) is 3. The van der Waals surface area contributed by atoms with Gasteiger partial charge in [-0.15, -0.1) is 0 Å². The van der Waals surface area contributed by atoms with Gasteiger partial charge in [0.15, 0.2) is 0 Å². The van der Waals surface area contributed by atoms with Gasteiger partial charge >= 0.3 is 0 Å². The molecular formula is C27H32N4O. The van der Waals surface area contributed by atoms with Gasteiger partial charge in [0.05, 0.1) is 12.2 Å². The lowest BCUT2D eigenvalue weighted by Crippen LogP contribution is -2.38. The van der Waals surface area contributed by atoms with Gasteiger partial charge in [-0.1, -0.05) is 45.9 Å². The maximum absolute atomic E-state index is 12.2. The third-order valence-corrected chi connectivity index (χ3v) is 8.86. The Morgan fingerprint density at radius 1 is 1.06 bits per heavy atom. The molecule has 2 aromatic carbocycles. The lowest BCUT2D eigenvalue weighted by atomic mass is 9.97. The summed E-state index contributed by atoms with van der Waals surface area (Å²) >= 11 is 0. The molecule has 3 aromatic rings. The van der Waals surface area contributed by atoms with E-state index >= 15 is 0 Å². The Morgan fingerprint density at radius 3 is 2.53 bits per heavy atom. The van der Waals surface area contributed by atoms with Crippen molar-refractivity contribution in [2.75, 3.05) is 18.4 Å². The van der Waals surface area contributed by atoms with Crippen LogP contribution in [0, 0.1) is 10.8 Å². The highest BCUT2D eigenvalue weighted by atomic mass is 16.1. The minimum Gasteiger partial charge on any atom is -0.321 e. The molecule has 1 aliphatic carbocycles. The van der Waals surface area contributed by atoms with Gasteiger partial charge < -0.3 is 5.32 Å². The number of anilines is 1. The number of carbonyl (C=O) groups excluding carboxylic acids is 1. The van der Waals surface area contributed by atoms with E-state index in [9.17, 15) is 4.79 Å². The van der Waals surface area contributed by atoms with E-state index in [1.165, 1.54) is 24.0 Å². The molecule has 0 bridgehead atoms. The van der Waals surface area contributed by atoms with E-state index in [0.29, 0.717) is 22.9 Å². The van der Waals surface area contributed by atoms with Crippen LogP contribution in [0.5, 0.6) is 0 Å². The lowest BCUT2D eigenvalue weighted by Gasteiger charge is -2.33. The minimum absolute atomic E-state index is 0.000107. The summed E-state index contributed by atoms with van der Waals surface area (Å²) in [6.07, 6.45) is 7.42. The maximum Gasteiger partial charge on any atom is 0.256 e. The van der Waals surface area contributed by atoms with E-state index in [-0.39, 0.29) is 5.91 Å². The number of benzene rings is 2. The van der Waals surface area contributed by atoms with Crippen molar-refractivity contribution in [3.63, 3.8) is 0 Å². The van der Waals surface area contributed by atoms with Gasteiger partial charge in [0, 0.05) is 48.4 Å². The van der Waals surface area contributed by atoms with Crippen LogP contribution in [0.1, 0.15) is 68.1 Å². The van der Waals surface area contributed by atoms with E-state index in [4.69, 9.17) is 5.10 Å². The summed E-state index contributed by atoms with van der Waals surface area (Å²) < 4.78 is 2.20. The standard InChI is InChI=1S/C27H32N4O/c1-26(2)25(27(26,3)4)30-12-10-19(11-13-30)31-16-17(15-28-31)14-18-8-9-22-23-20(18)6-5-7-21(23)24(32)29-22/h5-9,15-16,19,25H,10-14H2,1-4H3,(H,29,32). The molecular weight excluding hydrogens is 396 g/mol. The number of nitrogens with one attached hydrogen (secondary N) is 1. The third-order valence-electron chi connectivity index (χ3n) is 8.86. The van der Waals surface area contributed by atoms with Crippen LogP contribution in [0.15, 0.2) is 42.7 Å². The summed E-state index contributed by atoms with van der Waals surface area (Å²) in [5.74, 6) is -0.000107. The van der Waals surface area contributed by atoms with E-state index in [1.807, 2.05) is 24.4 Å². The largest absolute Gasteiger partial charge is 0.321 e. The van der Waals surface area contributed by atoms with E-state index in [0.717, 1.165) is 41.5 Å². The number of hydrogen-bond donors (Lipinski definition) is 1. The van der Waals surface area contributed by atoms with E-state index in [1.54, 1.807) is 0 Å². The first-order chi connectivity index (χ1) is 15.3. The van der Waals surface area contributed by atoms with Crippen LogP contribution >= 0.6 is 0 Å². The second-order valence-corrected chi connectivity index (χ2v) is 11.1. The Kier molecular flexibility index (Phi) is 4.17. The first kappa shape index (κ1) is 20.0. The van der Waals surface area contributed by atoms with Crippen LogP contribution in [0.25, 0.3) is 10.8 Å². The van der Waals surface area contributed by atoms with Crippen molar-refractivity contribution in [3.05, 3.63) is 59.4 Å². The average molecular weight is 429 g/mol. The van der Waals surface area contributed by atoms with E-state index < -0.39 is 0 Å². The predicted octanol–water partition coefficient (Wildman–Crippen LogP) is 5.26. The Labute approximate surface area is 189 Å². The minimum atomic E-state index is -0.000107. The number of piperidine rings is 1. The fraction of sp³-hybridized carbons (Fsp3) is 0.481. The summed E-state index contributed by atoms with van der Waals surface area (Å²) in [6, 6.07) is 11.4. The lowest BCUT2D eigenvalue weighted by molar-refractivity contribution is 0.103. The first-order valence-electron chi connectivity index (χ1n) is 11.9. The van der Waals surface area contributed by atoms with E-state index in [2.05, 4.69) is 60.9 Å². The van der Waals surface area contributed by atoms with Crippen LogP contribution in [-0.2, 0) is 6.42 Å². The Hall–Kier alpha value is -2.66. The highest BCUT2D eigenvalue weighted by molar-refractivity contribution is 6.24. The molecule has 3 aliphatic rings. The van der Waals surface area contributed by atoms with Gasteiger partial charge in [-0.2, -0.15) is 5.10 Å². The van der Waals surface area contributed by atoms with Crippen LogP contribution < -0.4 is 5.32 Å². The van der Waals surface area contributed by atoms with Crippen molar-refractivity contribution in [3.8, 4) is 0 Å². The Balaban J connectivity index is 1.17. The normalized spacial score (nSPS) is 22.4. The molecule has 1 N–H and O–H groups in total. The summed E-state index contributed by atoms with van der Waals surface area (Å²) in [6.45, 7) is 12.0. The first-order valence-corrected chi connectivity index (χ1v) is 11.9. The smallest absolute Gasteiger partial charge is 0.256 e. The molecule has 5 nitrogen and oxygen atoms in total. The third kappa shape index (κ3) is 2.80. The predicted molar refractivity (Wildman–Crippen MR) is 128 cm³/mol. The fourth-order valence-corrected chi connectivity index (χ4v) is 6.48. The molecule has 32 heavy (non-hydrogen) atoms. The molecule has 0 atom stereocenters. The number of aromatic nitrogens is 2. The maximum atomic E-state index is 12.2. The second-order valence-electron chi connectivity index (χ2n) is 11.1. The molecule has 2 fully saturated rings. The molecule has 0 unspecified atom stereocenters. The molecule has 166 valence electrons. The summed E-state index contributed by atoms with van der Waals surface area (Å²) in [5, 5.41) is 9.94. The van der Waals surface area contributed by atoms with Crippen molar-refractivity contribution in [1.29, 1.82) is 0 Å². The molecule has 0 spiro atoms. The fourth-order valence-electron chi connectivity index (χ4n) is 6.48. The molecule has 3 heterocycles. The van der Waals surface area contributed by atoms with Crippen LogP contribution in [0.3, 0.4) is 0 Å². The monoisotopic (exact) mass is 428 g/mol. The van der Waals surface area contributed by atoms with Gasteiger partial charge in [-0.05, 0) is 52.3 Å². The number of nitrogens with zero attached hydrogens (tertiary/aromatic N) is 3. The van der Waals surface area contributed by atoms with Crippen LogP contribution in [-0.4, -0.2) is 39.7 Å². The summed E-state index contributed by atoms with van der Waals surface area (Å²) in [7, 11) is 0. The second kappa shape index (κ2) is 6.67. The SMILES string of the molecule is CC1(C)C(N2CCC(n3cc(Cc4ccc5c6c(cccc46)C(=O)N5)cn3)CC2)C1(C)C. The average Bonchev–Trinajstić information content (AvgIpc) is 3.16. The van der Waals surface area contributed by atoms with Gasteiger partial charge in [0.2, 0.25) is 0 Å². The zero-order valence-corrected chi connectivity index (χ0v) is 19.5. The van der Waals surface area contributed by atoms with Gasteiger partial charge in [-0.25, -0.2) is 0 Å². The number of rotatable bonds is 4. The topological polar surface area (TPSA) is 50.2 Å². The van der Waals surface area contributed by atoms with Crippen molar-refractivity contribution in [2.24, 2.45) is 10.8 Å². The molecule has 1 saturated heterocycles. The Bertz CT molecular complexity index is 1220. The molecule has 1 aromatic heterocycles.